The minimum atomic E-state index is -0.697. The molecule has 4 N–H and O–H groups in total. The van der Waals surface area contributed by atoms with E-state index in [0.29, 0.717) is 23.8 Å². The molecule has 3 rings (SSSR count). The second kappa shape index (κ2) is 9.71. The van der Waals surface area contributed by atoms with Gasteiger partial charge in [-0.3, -0.25) is 14.5 Å². The third-order valence-corrected chi connectivity index (χ3v) is 5.33. The van der Waals surface area contributed by atoms with E-state index in [9.17, 15) is 9.59 Å². The largest absolute Gasteiger partial charge is 0.384 e. The van der Waals surface area contributed by atoms with E-state index in [-0.39, 0.29) is 17.9 Å². The molecule has 1 saturated heterocycles. The maximum Gasteiger partial charge on any atom is 0.243 e. The van der Waals surface area contributed by atoms with Gasteiger partial charge in [-0.25, -0.2) is 4.98 Å². The van der Waals surface area contributed by atoms with Gasteiger partial charge in [0, 0.05) is 24.2 Å². The summed E-state index contributed by atoms with van der Waals surface area (Å²) in [7, 11) is 1.93. The van der Waals surface area contributed by atoms with Gasteiger partial charge < -0.3 is 16.4 Å². The molecule has 0 bridgehead atoms. The quantitative estimate of drug-likeness (QED) is 0.639. The van der Waals surface area contributed by atoms with Gasteiger partial charge in [0.2, 0.25) is 11.8 Å². The Hall–Kier alpha value is -2.64. The minimum absolute atomic E-state index is 0.124. The molecule has 29 heavy (non-hydrogen) atoms. The second-order valence-corrected chi connectivity index (χ2v) is 7.78. The Morgan fingerprint density at radius 3 is 2.79 bits per heavy atom. The molecule has 1 aliphatic rings. The van der Waals surface area contributed by atoms with E-state index >= 15 is 0 Å². The van der Waals surface area contributed by atoms with Crippen LogP contribution in [0, 0.1) is 0 Å². The van der Waals surface area contributed by atoms with Crippen molar-refractivity contribution in [1.82, 2.24) is 20.5 Å². The predicted molar refractivity (Wildman–Crippen MR) is 113 cm³/mol. The van der Waals surface area contributed by atoms with Crippen LogP contribution in [0.25, 0.3) is 0 Å². The summed E-state index contributed by atoms with van der Waals surface area (Å²) in [6.07, 6.45) is 3.75. The zero-order valence-electron chi connectivity index (χ0n) is 16.4. The zero-order valence-corrected chi connectivity index (χ0v) is 17.2. The fourth-order valence-corrected chi connectivity index (χ4v) is 3.68. The van der Waals surface area contributed by atoms with E-state index < -0.39 is 6.04 Å². The lowest BCUT2D eigenvalue weighted by atomic mass is 10.0. The molecule has 1 aromatic heterocycles. The lowest BCUT2D eigenvalue weighted by Gasteiger charge is -2.24. The van der Waals surface area contributed by atoms with Crippen LogP contribution in [0.2, 0.25) is 5.02 Å². The molecule has 154 valence electrons. The van der Waals surface area contributed by atoms with Crippen molar-refractivity contribution < 1.29 is 9.59 Å². The lowest BCUT2D eigenvalue weighted by Crippen LogP contribution is -2.52. The molecule has 7 nitrogen and oxygen atoms in total. The first kappa shape index (κ1) is 21.1. The van der Waals surface area contributed by atoms with E-state index in [0.717, 1.165) is 30.5 Å². The highest BCUT2D eigenvalue weighted by molar-refractivity contribution is 6.30. The number of pyridine rings is 1. The number of nitrogens with one attached hydrogen (secondary N) is 2. The molecule has 2 aromatic rings. The van der Waals surface area contributed by atoms with E-state index in [4.69, 9.17) is 17.3 Å². The number of carbonyl (C=O) groups is 2. The van der Waals surface area contributed by atoms with Crippen LogP contribution in [0.3, 0.4) is 0 Å². The number of nitrogen functional groups attached to an aromatic ring is 1. The van der Waals surface area contributed by atoms with Crippen LogP contribution < -0.4 is 16.4 Å². The van der Waals surface area contributed by atoms with Crippen molar-refractivity contribution in [2.45, 2.75) is 37.9 Å². The summed E-state index contributed by atoms with van der Waals surface area (Å²) in [6.45, 7) is 1.19. The Balaban J connectivity index is 1.69. The van der Waals surface area contributed by atoms with Gasteiger partial charge in [0.05, 0.1) is 6.04 Å². The highest BCUT2D eigenvalue weighted by Gasteiger charge is 2.31. The number of hydrogen-bond donors (Lipinski definition) is 3. The Kier molecular flexibility index (Phi) is 7.06. The molecule has 0 saturated carbocycles. The normalized spacial score (nSPS) is 17.7. The molecule has 0 aliphatic carbocycles. The number of rotatable bonds is 7. The van der Waals surface area contributed by atoms with Crippen LogP contribution >= 0.6 is 11.6 Å². The van der Waals surface area contributed by atoms with Gasteiger partial charge in [-0.1, -0.05) is 29.8 Å². The summed E-state index contributed by atoms with van der Waals surface area (Å²) in [5, 5.41) is 6.40. The Morgan fingerprint density at radius 1 is 1.31 bits per heavy atom. The van der Waals surface area contributed by atoms with E-state index in [1.54, 1.807) is 30.5 Å². The summed E-state index contributed by atoms with van der Waals surface area (Å²) in [5.41, 5.74) is 7.30. The first-order chi connectivity index (χ1) is 13.9. The van der Waals surface area contributed by atoms with Gasteiger partial charge in [0.1, 0.15) is 11.9 Å². The van der Waals surface area contributed by atoms with Crippen molar-refractivity contribution in [2.24, 2.45) is 0 Å². The van der Waals surface area contributed by atoms with Gasteiger partial charge in [0.15, 0.2) is 0 Å². The van der Waals surface area contributed by atoms with E-state index in [1.807, 2.05) is 24.1 Å². The van der Waals surface area contributed by atoms with Crippen molar-refractivity contribution in [3.63, 3.8) is 0 Å². The Labute approximate surface area is 175 Å². The summed E-state index contributed by atoms with van der Waals surface area (Å²) < 4.78 is 0. The standard InChI is InChI=1S/C21H26ClN5O2/c1-27-9-3-6-18(27)21(29)26-17(11-14-4-2-5-16(22)10-14)20(28)25-13-15-7-8-19(23)24-12-15/h2,4-5,7-8,10,12,17-18H,3,6,9,11,13H2,1H3,(H2,23,24)(H,25,28)(H,26,29)/t17-,18+/m0/s1. The van der Waals surface area contributed by atoms with Crippen molar-refractivity contribution in [3.05, 3.63) is 58.7 Å². The second-order valence-electron chi connectivity index (χ2n) is 7.34. The molecular formula is C21H26ClN5O2. The monoisotopic (exact) mass is 415 g/mol. The fourth-order valence-electron chi connectivity index (χ4n) is 3.47. The molecule has 1 aliphatic heterocycles. The SMILES string of the molecule is CN1CCC[C@@H]1C(=O)N[C@@H](Cc1cccc(Cl)c1)C(=O)NCc1ccc(N)nc1. The lowest BCUT2D eigenvalue weighted by molar-refractivity contribution is -0.131. The van der Waals surface area contributed by atoms with Gasteiger partial charge >= 0.3 is 0 Å². The number of hydrogen-bond acceptors (Lipinski definition) is 5. The number of carbonyl (C=O) groups excluding carboxylic acids is 2. The van der Waals surface area contributed by atoms with Crippen LogP contribution in [0.1, 0.15) is 24.0 Å². The molecule has 1 fully saturated rings. The topological polar surface area (TPSA) is 100 Å². The molecule has 0 unspecified atom stereocenters. The number of amides is 2. The van der Waals surface area contributed by atoms with Crippen LogP contribution in [0.5, 0.6) is 0 Å². The van der Waals surface area contributed by atoms with Gasteiger partial charge in [0.25, 0.3) is 0 Å². The van der Waals surface area contributed by atoms with Crippen molar-refractivity contribution in [1.29, 1.82) is 0 Å². The fraction of sp³-hybridized carbons (Fsp3) is 0.381. The number of nitrogens with zero attached hydrogens (tertiary/aromatic N) is 2. The maximum absolute atomic E-state index is 12.9. The van der Waals surface area contributed by atoms with Gasteiger partial charge in [-0.05, 0) is 55.8 Å². The van der Waals surface area contributed by atoms with Crippen LogP contribution in [-0.2, 0) is 22.6 Å². The molecule has 2 heterocycles. The third kappa shape index (κ3) is 5.92. The molecule has 0 radical (unpaired) electrons. The minimum Gasteiger partial charge on any atom is -0.384 e. The maximum atomic E-state index is 12.9. The molecule has 2 amide bonds. The molecule has 8 heteroatoms. The number of anilines is 1. The number of benzene rings is 1. The summed E-state index contributed by atoms with van der Waals surface area (Å²) >= 11 is 6.08. The van der Waals surface area contributed by atoms with Crippen molar-refractivity contribution in [3.8, 4) is 0 Å². The Morgan fingerprint density at radius 2 is 2.14 bits per heavy atom. The first-order valence-corrected chi connectivity index (χ1v) is 10.0. The molecule has 0 spiro atoms. The highest BCUT2D eigenvalue weighted by Crippen LogP contribution is 2.16. The number of aromatic nitrogens is 1. The van der Waals surface area contributed by atoms with Gasteiger partial charge in [-0.15, -0.1) is 0 Å². The predicted octanol–water partition coefficient (Wildman–Crippen LogP) is 1.76. The van der Waals surface area contributed by atoms with Crippen LogP contribution in [0.15, 0.2) is 42.6 Å². The van der Waals surface area contributed by atoms with E-state index in [1.165, 1.54) is 0 Å². The first-order valence-electron chi connectivity index (χ1n) is 9.65. The molecular weight excluding hydrogens is 390 g/mol. The third-order valence-electron chi connectivity index (χ3n) is 5.10. The number of nitrogens with two attached hydrogens (primary N) is 1. The summed E-state index contributed by atoms with van der Waals surface area (Å²) in [6, 6.07) is 9.90. The molecule has 1 aromatic carbocycles. The van der Waals surface area contributed by atoms with E-state index in [2.05, 4.69) is 15.6 Å². The highest BCUT2D eigenvalue weighted by atomic mass is 35.5. The number of halogens is 1. The van der Waals surface area contributed by atoms with Crippen molar-refractivity contribution in [2.75, 3.05) is 19.3 Å². The smallest absolute Gasteiger partial charge is 0.243 e. The number of likely N-dealkylation sites (N-methyl/N-ethyl adjacent to an activating group) is 1. The molecule has 2 atom stereocenters. The van der Waals surface area contributed by atoms with Crippen LogP contribution in [0.4, 0.5) is 5.82 Å². The summed E-state index contributed by atoms with van der Waals surface area (Å²) in [4.78, 5) is 31.7. The van der Waals surface area contributed by atoms with Gasteiger partial charge in [-0.2, -0.15) is 0 Å². The Bertz CT molecular complexity index is 858. The average molecular weight is 416 g/mol. The van der Waals surface area contributed by atoms with Crippen LogP contribution in [-0.4, -0.2) is 47.4 Å². The number of likely N-dealkylation sites (tertiary alicyclic amines) is 1. The average Bonchev–Trinajstić information content (AvgIpc) is 3.13. The van der Waals surface area contributed by atoms with Crippen molar-refractivity contribution >= 4 is 29.2 Å². The summed E-state index contributed by atoms with van der Waals surface area (Å²) in [5.74, 6) is 0.0454. The zero-order chi connectivity index (χ0) is 20.8.